The molecule has 0 bridgehead atoms. The molecule has 126 valence electrons. The molecule has 0 unspecified atom stereocenters. The lowest BCUT2D eigenvalue weighted by Gasteiger charge is -2.16. The third-order valence-electron chi connectivity index (χ3n) is 5.54. The topological polar surface area (TPSA) is 20.2 Å². The molecular formula is C25H20O. The van der Waals surface area contributed by atoms with Gasteiger partial charge in [-0.2, -0.15) is 0 Å². The normalized spacial score (nSPS) is 13.9. The van der Waals surface area contributed by atoms with Crippen LogP contribution in [0.3, 0.4) is 0 Å². The molecule has 0 aliphatic heterocycles. The molecule has 1 heteroatoms. The molecule has 0 aromatic heterocycles. The van der Waals surface area contributed by atoms with Crippen LogP contribution in [0.15, 0.2) is 84.9 Å². The molecule has 0 saturated heterocycles. The van der Waals surface area contributed by atoms with Crippen molar-refractivity contribution in [3.63, 3.8) is 0 Å². The predicted octanol–water partition coefficient (Wildman–Crippen LogP) is 5.69. The van der Waals surface area contributed by atoms with Crippen molar-refractivity contribution in [3.8, 4) is 11.1 Å². The zero-order valence-electron chi connectivity index (χ0n) is 14.5. The fraction of sp³-hybridized carbons (Fsp3) is 0.120. The third kappa shape index (κ3) is 2.44. The van der Waals surface area contributed by atoms with Crippen molar-refractivity contribution in [2.24, 2.45) is 0 Å². The molecule has 1 aliphatic carbocycles. The second kappa shape index (κ2) is 6.12. The van der Waals surface area contributed by atoms with Crippen molar-refractivity contribution in [1.29, 1.82) is 0 Å². The molecule has 0 spiro atoms. The van der Waals surface area contributed by atoms with Crippen LogP contribution in [0.25, 0.3) is 21.9 Å². The monoisotopic (exact) mass is 336 g/mol. The Morgan fingerprint density at radius 1 is 0.615 bits per heavy atom. The maximum absolute atomic E-state index is 11.1. The van der Waals surface area contributed by atoms with Crippen LogP contribution in [-0.4, -0.2) is 5.11 Å². The first-order valence-electron chi connectivity index (χ1n) is 9.18. The van der Waals surface area contributed by atoms with Gasteiger partial charge in [0.1, 0.15) is 6.10 Å². The SMILES string of the molecule is O[C@@H](c1ccc(-c2ccccc2)cc1)c1ccc2c3c(cccc13)CC2. The smallest absolute Gasteiger partial charge is 0.105 e. The standard InChI is InChI=1S/C25H20O/c26-25(21-13-9-18(10-14-21)17-5-2-1-3-6-17)23-16-15-20-12-11-19-7-4-8-22(23)24(19)20/h1-10,13-16,25-26H,11-12H2/t25-/m0/s1. The number of hydrogen-bond donors (Lipinski definition) is 1. The van der Waals surface area contributed by atoms with Crippen LogP contribution in [0.1, 0.15) is 28.4 Å². The molecule has 1 atom stereocenters. The molecule has 0 radical (unpaired) electrons. The zero-order valence-corrected chi connectivity index (χ0v) is 14.5. The highest BCUT2D eigenvalue weighted by molar-refractivity contribution is 5.93. The van der Waals surface area contributed by atoms with Gasteiger partial charge in [-0.1, -0.05) is 84.9 Å². The van der Waals surface area contributed by atoms with Crippen LogP contribution in [0.2, 0.25) is 0 Å². The van der Waals surface area contributed by atoms with E-state index in [1.54, 1.807) is 0 Å². The molecule has 26 heavy (non-hydrogen) atoms. The van der Waals surface area contributed by atoms with E-state index >= 15 is 0 Å². The fourth-order valence-electron chi connectivity index (χ4n) is 4.18. The highest BCUT2D eigenvalue weighted by Gasteiger charge is 2.19. The largest absolute Gasteiger partial charge is 0.384 e. The van der Waals surface area contributed by atoms with Crippen LogP contribution in [0, 0.1) is 0 Å². The second-order valence-corrected chi connectivity index (χ2v) is 7.04. The van der Waals surface area contributed by atoms with E-state index in [1.165, 1.54) is 33.0 Å². The minimum atomic E-state index is -0.607. The van der Waals surface area contributed by atoms with Gasteiger partial charge in [-0.15, -0.1) is 0 Å². The van der Waals surface area contributed by atoms with Crippen molar-refractivity contribution >= 4 is 10.8 Å². The van der Waals surface area contributed by atoms with Crippen molar-refractivity contribution in [2.45, 2.75) is 18.9 Å². The summed E-state index contributed by atoms with van der Waals surface area (Å²) < 4.78 is 0. The molecular weight excluding hydrogens is 316 g/mol. The molecule has 4 aromatic carbocycles. The summed E-state index contributed by atoms with van der Waals surface area (Å²) in [5, 5.41) is 13.6. The highest BCUT2D eigenvalue weighted by Crippen LogP contribution is 2.36. The van der Waals surface area contributed by atoms with E-state index in [4.69, 9.17) is 0 Å². The summed E-state index contributed by atoms with van der Waals surface area (Å²) in [5.74, 6) is 0. The Balaban J connectivity index is 1.55. The number of benzene rings is 4. The first-order valence-corrected chi connectivity index (χ1v) is 9.18. The molecule has 0 fully saturated rings. The molecule has 1 nitrogen and oxygen atoms in total. The lowest BCUT2D eigenvalue weighted by atomic mass is 9.93. The van der Waals surface area contributed by atoms with Crippen molar-refractivity contribution < 1.29 is 5.11 Å². The average molecular weight is 336 g/mol. The van der Waals surface area contributed by atoms with Gasteiger partial charge in [0, 0.05) is 0 Å². The summed E-state index contributed by atoms with van der Waals surface area (Å²) in [4.78, 5) is 0. The van der Waals surface area contributed by atoms with Crippen molar-refractivity contribution in [2.75, 3.05) is 0 Å². The van der Waals surface area contributed by atoms with Gasteiger partial charge in [0.05, 0.1) is 0 Å². The van der Waals surface area contributed by atoms with Gasteiger partial charge >= 0.3 is 0 Å². The minimum absolute atomic E-state index is 0.607. The minimum Gasteiger partial charge on any atom is -0.384 e. The lowest BCUT2D eigenvalue weighted by molar-refractivity contribution is 0.222. The van der Waals surface area contributed by atoms with Gasteiger partial charge in [-0.25, -0.2) is 0 Å². The van der Waals surface area contributed by atoms with Gasteiger partial charge in [0.25, 0.3) is 0 Å². The van der Waals surface area contributed by atoms with Crippen molar-refractivity contribution in [3.05, 3.63) is 107 Å². The van der Waals surface area contributed by atoms with Crippen LogP contribution in [-0.2, 0) is 12.8 Å². The summed E-state index contributed by atoms with van der Waals surface area (Å²) >= 11 is 0. The second-order valence-electron chi connectivity index (χ2n) is 7.04. The Hall–Kier alpha value is -2.90. The number of hydrogen-bond acceptors (Lipinski definition) is 1. The Morgan fingerprint density at radius 3 is 2.08 bits per heavy atom. The van der Waals surface area contributed by atoms with Crippen LogP contribution >= 0.6 is 0 Å². The van der Waals surface area contributed by atoms with Crippen molar-refractivity contribution in [1.82, 2.24) is 0 Å². The fourth-order valence-corrected chi connectivity index (χ4v) is 4.18. The Labute approximate surface area is 153 Å². The third-order valence-corrected chi connectivity index (χ3v) is 5.54. The number of rotatable bonds is 3. The maximum Gasteiger partial charge on any atom is 0.105 e. The molecule has 0 heterocycles. The molecule has 0 amide bonds. The van der Waals surface area contributed by atoms with Crippen LogP contribution in [0.4, 0.5) is 0 Å². The Morgan fingerprint density at radius 2 is 1.31 bits per heavy atom. The summed E-state index contributed by atoms with van der Waals surface area (Å²) in [6.45, 7) is 0. The predicted molar refractivity (Wildman–Crippen MR) is 107 cm³/mol. The first kappa shape index (κ1) is 15.4. The highest BCUT2D eigenvalue weighted by atomic mass is 16.3. The number of aliphatic hydroxyl groups is 1. The molecule has 5 rings (SSSR count). The van der Waals surface area contributed by atoms with E-state index in [2.05, 4.69) is 54.6 Å². The molecule has 4 aromatic rings. The summed E-state index contributed by atoms with van der Waals surface area (Å²) in [7, 11) is 0. The summed E-state index contributed by atoms with van der Waals surface area (Å²) in [6, 6.07) is 29.3. The Bertz CT molecular complexity index is 1070. The van der Waals surface area contributed by atoms with E-state index in [1.807, 2.05) is 30.3 Å². The van der Waals surface area contributed by atoms with Gasteiger partial charge < -0.3 is 5.11 Å². The molecule has 1 aliphatic rings. The van der Waals surface area contributed by atoms with Gasteiger partial charge in [-0.05, 0) is 57.0 Å². The van der Waals surface area contributed by atoms with E-state index in [0.717, 1.165) is 24.0 Å². The number of aryl methyl sites for hydroxylation is 2. The summed E-state index contributed by atoms with van der Waals surface area (Å²) in [5.41, 5.74) is 7.11. The lowest BCUT2D eigenvalue weighted by Crippen LogP contribution is -2.01. The zero-order chi connectivity index (χ0) is 17.5. The maximum atomic E-state index is 11.1. The van der Waals surface area contributed by atoms with Crippen LogP contribution < -0.4 is 0 Å². The number of aliphatic hydroxyl groups excluding tert-OH is 1. The Kier molecular flexibility index (Phi) is 3.62. The van der Waals surface area contributed by atoms with Gasteiger partial charge in [0.2, 0.25) is 0 Å². The van der Waals surface area contributed by atoms with Gasteiger partial charge in [-0.3, -0.25) is 0 Å². The average Bonchev–Trinajstić information content (AvgIpc) is 3.14. The van der Waals surface area contributed by atoms with E-state index in [-0.39, 0.29) is 0 Å². The first-order chi connectivity index (χ1) is 12.8. The molecule has 0 saturated carbocycles. The van der Waals surface area contributed by atoms with Crippen LogP contribution in [0.5, 0.6) is 0 Å². The van der Waals surface area contributed by atoms with E-state index < -0.39 is 6.10 Å². The quantitative estimate of drug-likeness (QED) is 0.510. The van der Waals surface area contributed by atoms with E-state index in [9.17, 15) is 5.11 Å². The summed E-state index contributed by atoms with van der Waals surface area (Å²) in [6.07, 6.45) is 1.61. The van der Waals surface area contributed by atoms with Gasteiger partial charge in [0.15, 0.2) is 0 Å². The molecule has 1 N–H and O–H groups in total. The van der Waals surface area contributed by atoms with E-state index in [0.29, 0.717) is 0 Å².